The number of nitrogens with one attached hydrogen (secondary N) is 1. The normalized spacial score (nSPS) is 9.92. The van der Waals surface area contributed by atoms with Crippen molar-refractivity contribution in [3.8, 4) is 0 Å². The van der Waals surface area contributed by atoms with E-state index in [0.29, 0.717) is 12.2 Å². The summed E-state index contributed by atoms with van der Waals surface area (Å²) in [6.07, 6.45) is 0. The molecule has 0 radical (unpaired) electrons. The lowest BCUT2D eigenvalue weighted by molar-refractivity contribution is 0.0286. The molecule has 0 amide bonds. The largest absolute Gasteiger partial charge is 0.316 e. The number of hydrogen-bond donors (Lipinski definition) is 3. The third-order valence-corrected chi connectivity index (χ3v) is 1.57. The first-order valence-corrected chi connectivity index (χ1v) is 3.66. The zero-order chi connectivity index (χ0) is 8.97. The maximum Gasteiger partial charge on any atom is 0.0987 e. The lowest BCUT2D eigenvalue weighted by atomic mass is 10.2. The van der Waals surface area contributed by atoms with E-state index >= 15 is 0 Å². The molecule has 0 atom stereocenters. The Hall–Kier alpha value is -1.10. The molecule has 1 aromatic carbocycles. The summed E-state index contributed by atoms with van der Waals surface area (Å²) in [5.74, 6) is 0. The molecular weight excluding hydrogens is 156 g/mol. The van der Waals surface area contributed by atoms with Crippen LogP contribution >= 0.6 is 0 Å². The summed E-state index contributed by atoms with van der Waals surface area (Å²) in [7, 11) is 1.80. The minimum atomic E-state index is 0.132. The molecule has 1 rings (SSSR count). The second-order valence-corrected chi connectivity index (χ2v) is 2.45. The summed E-state index contributed by atoms with van der Waals surface area (Å²) in [6.45, 7) is 0.605. The van der Waals surface area contributed by atoms with Crippen LogP contribution in [0.3, 0.4) is 0 Å². The summed E-state index contributed by atoms with van der Waals surface area (Å²) in [5.41, 5.74) is 1.23. The second kappa shape index (κ2) is 4.06. The van der Waals surface area contributed by atoms with Crippen molar-refractivity contribution in [2.75, 3.05) is 12.3 Å². The van der Waals surface area contributed by atoms with Crippen molar-refractivity contribution in [1.82, 2.24) is 5.32 Å². The average molecular weight is 168 g/mol. The van der Waals surface area contributed by atoms with Crippen LogP contribution in [0.4, 0.5) is 5.69 Å². The van der Waals surface area contributed by atoms with Gasteiger partial charge in [0.25, 0.3) is 0 Å². The predicted molar refractivity (Wildman–Crippen MR) is 45.3 cm³/mol. The minimum absolute atomic E-state index is 0.132. The fraction of sp³-hybridized carbons (Fsp3) is 0.250. The molecule has 0 bridgehead atoms. The fourth-order valence-electron chi connectivity index (χ4n) is 1.05. The number of benzene rings is 1. The first-order valence-electron chi connectivity index (χ1n) is 3.66. The predicted octanol–water partition coefficient (Wildman–Crippen LogP) is 0.991. The molecule has 4 heteroatoms. The highest BCUT2D eigenvalue weighted by atomic mass is 16.8. The van der Waals surface area contributed by atoms with Gasteiger partial charge in [0.15, 0.2) is 0 Å². The molecule has 66 valence electrons. The van der Waals surface area contributed by atoms with Gasteiger partial charge in [0, 0.05) is 6.54 Å². The van der Waals surface area contributed by atoms with Crippen LogP contribution in [-0.2, 0) is 6.54 Å². The first kappa shape index (κ1) is 8.99. The van der Waals surface area contributed by atoms with E-state index in [1.807, 2.05) is 12.1 Å². The smallest absolute Gasteiger partial charge is 0.0987 e. The fourth-order valence-corrected chi connectivity index (χ4v) is 1.05. The Morgan fingerprint density at radius 1 is 1.33 bits per heavy atom. The molecule has 0 aliphatic carbocycles. The quantitative estimate of drug-likeness (QED) is 0.589. The van der Waals surface area contributed by atoms with E-state index in [0.717, 1.165) is 5.56 Å². The molecule has 0 spiro atoms. The Morgan fingerprint density at radius 3 is 2.58 bits per heavy atom. The Balaban J connectivity index is 2.92. The van der Waals surface area contributed by atoms with Crippen LogP contribution in [0.5, 0.6) is 0 Å². The highest BCUT2D eigenvalue weighted by molar-refractivity contribution is 5.49. The van der Waals surface area contributed by atoms with Crippen LogP contribution < -0.4 is 10.5 Å². The lowest BCUT2D eigenvalue weighted by Crippen LogP contribution is -2.15. The number of rotatable bonds is 3. The van der Waals surface area contributed by atoms with Gasteiger partial charge in [-0.3, -0.25) is 10.4 Å². The molecule has 0 unspecified atom stereocenters. The molecule has 4 nitrogen and oxygen atoms in total. The van der Waals surface area contributed by atoms with Gasteiger partial charge in [-0.1, -0.05) is 18.2 Å². The lowest BCUT2D eigenvalue weighted by Gasteiger charge is -2.12. The third kappa shape index (κ3) is 1.94. The Morgan fingerprint density at radius 2 is 2.00 bits per heavy atom. The number of anilines is 1. The van der Waals surface area contributed by atoms with E-state index in [2.05, 4.69) is 5.32 Å². The molecular formula is C8H12N2O2. The Labute approximate surface area is 71.0 Å². The van der Waals surface area contributed by atoms with E-state index in [-0.39, 0.29) is 5.23 Å². The maximum absolute atomic E-state index is 8.79. The molecule has 0 fully saturated rings. The molecule has 12 heavy (non-hydrogen) atoms. The summed E-state index contributed by atoms with van der Waals surface area (Å²) >= 11 is 0. The summed E-state index contributed by atoms with van der Waals surface area (Å²) in [5, 5.41) is 20.6. The van der Waals surface area contributed by atoms with Gasteiger partial charge >= 0.3 is 0 Å². The molecule has 3 N–H and O–H groups in total. The van der Waals surface area contributed by atoms with Crippen molar-refractivity contribution < 1.29 is 10.4 Å². The third-order valence-electron chi connectivity index (χ3n) is 1.57. The maximum atomic E-state index is 8.79. The molecule has 0 saturated carbocycles. The van der Waals surface area contributed by atoms with Crippen molar-refractivity contribution >= 4 is 5.69 Å². The van der Waals surface area contributed by atoms with Crippen LogP contribution in [0.15, 0.2) is 24.3 Å². The van der Waals surface area contributed by atoms with Crippen LogP contribution in [0.1, 0.15) is 5.56 Å². The average Bonchev–Trinajstić information content (AvgIpc) is 2.05. The van der Waals surface area contributed by atoms with Crippen LogP contribution in [0.2, 0.25) is 0 Å². The van der Waals surface area contributed by atoms with Crippen molar-refractivity contribution in [2.24, 2.45) is 0 Å². The van der Waals surface area contributed by atoms with Gasteiger partial charge in [-0.25, -0.2) is 0 Å². The number of nitrogens with zero attached hydrogens (tertiary/aromatic N) is 1. The van der Waals surface area contributed by atoms with Crippen molar-refractivity contribution in [3.63, 3.8) is 0 Å². The second-order valence-electron chi connectivity index (χ2n) is 2.45. The van der Waals surface area contributed by atoms with Crippen molar-refractivity contribution in [1.29, 1.82) is 0 Å². The van der Waals surface area contributed by atoms with Gasteiger partial charge in [-0.05, 0) is 18.7 Å². The van der Waals surface area contributed by atoms with Gasteiger partial charge in [0.05, 0.1) is 5.69 Å². The molecule has 0 aromatic heterocycles. The zero-order valence-electron chi connectivity index (χ0n) is 6.86. The number of para-hydroxylation sites is 1. The van der Waals surface area contributed by atoms with Crippen LogP contribution in [0, 0.1) is 0 Å². The molecule has 1 aromatic rings. The SMILES string of the molecule is CNCc1ccccc1N(O)O. The topological polar surface area (TPSA) is 55.7 Å². The van der Waals surface area contributed by atoms with Crippen molar-refractivity contribution in [3.05, 3.63) is 29.8 Å². The van der Waals surface area contributed by atoms with Gasteiger partial charge in [0.1, 0.15) is 0 Å². The Bertz CT molecular complexity index is 251. The highest BCUT2D eigenvalue weighted by Crippen LogP contribution is 2.16. The van der Waals surface area contributed by atoms with Crippen LogP contribution in [0.25, 0.3) is 0 Å². The van der Waals surface area contributed by atoms with E-state index in [1.165, 1.54) is 0 Å². The summed E-state index contributed by atoms with van der Waals surface area (Å²) in [4.78, 5) is 0. The zero-order valence-corrected chi connectivity index (χ0v) is 6.86. The monoisotopic (exact) mass is 168 g/mol. The van der Waals surface area contributed by atoms with Gasteiger partial charge in [-0.15, -0.1) is 5.23 Å². The van der Waals surface area contributed by atoms with Gasteiger partial charge < -0.3 is 5.32 Å². The highest BCUT2D eigenvalue weighted by Gasteiger charge is 2.04. The number of hydrogen-bond acceptors (Lipinski definition) is 4. The van der Waals surface area contributed by atoms with E-state index in [9.17, 15) is 0 Å². The van der Waals surface area contributed by atoms with Gasteiger partial charge in [-0.2, -0.15) is 0 Å². The molecule has 0 heterocycles. The van der Waals surface area contributed by atoms with Gasteiger partial charge in [0.2, 0.25) is 0 Å². The minimum Gasteiger partial charge on any atom is -0.316 e. The summed E-state index contributed by atoms with van der Waals surface area (Å²) < 4.78 is 0. The Kier molecular flexibility index (Phi) is 3.04. The molecule has 0 aliphatic heterocycles. The first-order chi connectivity index (χ1) is 5.75. The van der Waals surface area contributed by atoms with Crippen LogP contribution in [-0.4, -0.2) is 17.5 Å². The molecule has 0 saturated heterocycles. The standard InChI is InChI=1S/C8H12N2O2/c1-9-6-7-4-2-3-5-8(7)10(11)12/h2-5,9,11-12H,6H2,1H3. The van der Waals surface area contributed by atoms with E-state index in [4.69, 9.17) is 10.4 Å². The van der Waals surface area contributed by atoms with E-state index in [1.54, 1.807) is 19.2 Å². The van der Waals surface area contributed by atoms with E-state index < -0.39 is 0 Å². The molecule has 0 aliphatic rings. The summed E-state index contributed by atoms with van der Waals surface area (Å²) in [6, 6.07) is 7.05. The van der Waals surface area contributed by atoms with Crippen molar-refractivity contribution in [2.45, 2.75) is 6.54 Å².